The number of piperidine rings is 1. The van der Waals surface area contributed by atoms with Crippen molar-refractivity contribution in [1.29, 1.82) is 0 Å². The third kappa shape index (κ3) is 2.71. The Kier molecular flexibility index (Phi) is 3.65. The number of aromatic nitrogens is 3. The molecule has 4 rings (SSSR count). The van der Waals surface area contributed by atoms with Crippen molar-refractivity contribution in [3.05, 3.63) is 36.8 Å². The minimum Gasteiger partial charge on any atom is -0.397 e. The van der Waals surface area contributed by atoms with E-state index in [2.05, 4.69) is 25.9 Å². The van der Waals surface area contributed by atoms with E-state index < -0.39 is 0 Å². The topological polar surface area (TPSA) is 94.0 Å². The molecule has 0 saturated carbocycles. The average molecular weight is 320 g/mol. The molecule has 0 radical (unpaired) electrons. The van der Waals surface area contributed by atoms with E-state index in [4.69, 9.17) is 11.5 Å². The van der Waals surface area contributed by atoms with Gasteiger partial charge in [-0.2, -0.15) is 0 Å². The van der Waals surface area contributed by atoms with Gasteiger partial charge in [-0.25, -0.2) is 4.98 Å². The number of anilines is 3. The lowest BCUT2D eigenvalue weighted by molar-refractivity contribution is 0.577. The lowest BCUT2D eigenvalue weighted by atomic mass is 10.1. The van der Waals surface area contributed by atoms with Crippen LogP contribution in [0.25, 0.3) is 22.2 Å². The van der Waals surface area contributed by atoms with E-state index in [1.807, 2.05) is 18.5 Å². The fourth-order valence-corrected chi connectivity index (χ4v) is 3.21. The van der Waals surface area contributed by atoms with Crippen molar-refractivity contribution in [1.82, 2.24) is 15.0 Å². The number of nitrogens with zero attached hydrogens (tertiary/aromatic N) is 4. The molecule has 6 nitrogen and oxygen atoms in total. The summed E-state index contributed by atoms with van der Waals surface area (Å²) in [6.07, 6.45) is 9.14. The first-order valence-electron chi connectivity index (χ1n) is 8.23. The van der Waals surface area contributed by atoms with Gasteiger partial charge < -0.3 is 16.4 Å². The summed E-state index contributed by atoms with van der Waals surface area (Å²) >= 11 is 0. The maximum Gasteiger partial charge on any atom is 0.132 e. The fourth-order valence-electron chi connectivity index (χ4n) is 3.21. The van der Waals surface area contributed by atoms with E-state index in [9.17, 15) is 0 Å². The number of nitrogen functional groups attached to an aromatic ring is 2. The Labute approximate surface area is 140 Å². The number of hydrogen-bond acceptors (Lipinski definition) is 6. The Morgan fingerprint density at radius 1 is 0.875 bits per heavy atom. The number of hydrogen-bond donors (Lipinski definition) is 2. The molecule has 1 aliphatic heterocycles. The van der Waals surface area contributed by atoms with Crippen molar-refractivity contribution in [3.63, 3.8) is 0 Å². The van der Waals surface area contributed by atoms with Crippen LogP contribution in [0.1, 0.15) is 19.3 Å². The summed E-state index contributed by atoms with van der Waals surface area (Å²) in [5, 5.41) is 0. The van der Waals surface area contributed by atoms with E-state index in [1.165, 1.54) is 19.3 Å². The molecular formula is C18H20N6. The van der Waals surface area contributed by atoms with Crippen LogP contribution < -0.4 is 16.4 Å². The van der Waals surface area contributed by atoms with Crippen LogP contribution in [0.5, 0.6) is 0 Å². The molecule has 0 spiro atoms. The number of pyridine rings is 3. The Bertz CT molecular complexity index is 886. The van der Waals surface area contributed by atoms with Gasteiger partial charge in [-0.3, -0.25) is 9.97 Å². The molecule has 0 unspecified atom stereocenters. The maximum absolute atomic E-state index is 6.18. The number of fused-ring (bicyclic) bond motifs is 1. The molecule has 4 heterocycles. The van der Waals surface area contributed by atoms with Gasteiger partial charge >= 0.3 is 0 Å². The summed E-state index contributed by atoms with van der Waals surface area (Å²) in [5.41, 5.74) is 17.0. The molecular weight excluding hydrogens is 300 g/mol. The smallest absolute Gasteiger partial charge is 0.132 e. The van der Waals surface area contributed by atoms with Crippen LogP contribution in [0, 0.1) is 0 Å². The Balaban J connectivity index is 1.76. The van der Waals surface area contributed by atoms with Gasteiger partial charge in [-0.05, 0) is 37.5 Å². The van der Waals surface area contributed by atoms with Crippen molar-refractivity contribution in [3.8, 4) is 11.1 Å². The first-order valence-corrected chi connectivity index (χ1v) is 8.23. The minimum absolute atomic E-state index is 0.465. The molecule has 122 valence electrons. The summed E-state index contributed by atoms with van der Waals surface area (Å²) in [5.74, 6) is 0.465. The highest BCUT2D eigenvalue weighted by molar-refractivity contribution is 5.87. The molecule has 1 fully saturated rings. The SMILES string of the molecule is Nc1cnc2cc(-c3cncc(N4CCCCC4)c3)c(N)nc2c1. The standard InChI is InChI=1S/C18H20N6/c19-13-7-17-16(22-10-13)8-15(18(20)23-17)12-6-14(11-21-9-12)24-4-2-1-3-5-24/h6-11H,1-5,19H2,(H2,20,23). The van der Waals surface area contributed by atoms with E-state index in [0.29, 0.717) is 17.0 Å². The zero-order valence-corrected chi connectivity index (χ0v) is 13.4. The van der Waals surface area contributed by atoms with E-state index in [-0.39, 0.29) is 0 Å². The van der Waals surface area contributed by atoms with Gasteiger partial charge in [0.15, 0.2) is 0 Å². The second kappa shape index (κ2) is 5.96. The van der Waals surface area contributed by atoms with Gasteiger partial charge in [0.2, 0.25) is 0 Å². The number of nitrogens with two attached hydrogens (primary N) is 2. The highest BCUT2D eigenvalue weighted by Crippen LogP contribution is 2.30. The number of rotatable bonds is 2. The molecule has 4 N–H and O–H groups in total. The van der Waals surface area contributed by atoms with E-state index >= 15 is 0 Å². The van der Waals surface area contributed by atoms with Gasteiger partial charge in [0.25, 0.3) is 0 Å². The van der Waals surface area contributed by atoms with Crippen LogP contribution in [0.15, 0.2) is 36.8 Å². The second-order valence-electron chi connectivity index (χ2n) is 6.21. The third-order valence-corrected chi connectivity index (χ3v) is 4.47. The predicted octanol–water partition coefficient (Wildman–Crippen LogP) is 2.85. The molecule has 3 aromatic rings. The first kappa shape index (κ1) is 14.7. The predicted molar refractivity (Wildman–Crippen MR) is 97.7 cm³/mol. The summed E-state index contributed by atoms with van der Waals surface area (Å²) in [6.45, 7) is 2.16. The highest BCUT2D eigenvalue weighted by Gasteiger charge is 2.14. The highest BCUT2D eigenvalue weighted by atomic mass is 15.1. The molecule has 3 aromatic heterocycles. The first-order chi connectivity index (χ1) is 11.7. The van der Waals surface area contributed by atoms with Crippen molar-refractivity contribution in [2.24, 2.45) is 0 Å². The Morgan fingerprint density at radius 2 is 1.71 bits per heavy atom. The largest absolute Gasteiger partial charge is 0.397 e. The van der Waals surface area contributed by atoms with E-state index in [1.54, 1.807) is 12.3 Å². The zero-order valence-electron chi connectivity index (χ0n) is 13.4. The van der Waals surface area contributed by atoms with Crippen LogP contribution in [-0.4, -0.2) is 28.0 Å². The quantitative estimate of drug-likeness (QED) is 0.754. The monoisotopic (exact) mass is 320 g/mol. The maximum atomic E-state index is 6.18. The molecule has 24 heavy (non-hydrogen) atoms. The van der Waals surface area contributed by atoms with Gasteiger partial charge in [0, 0.05) is 30.4 Å². The molecule has 6 heteroatoms. The van der Waals surface area contributed by atoms with Crippen molar-refractivity contribution in [2.75, 3.05) is 29.5 Å². The normalized spacial score (nSPS) is 14.9. The molecule has 0 amide bonds. The second-order valence-corrected chi connectivity index (χ2v) is 6.21. The van der Waals surface area contributed by atoms with Crippen LogP contribution in [0.3, 0.4) is 0 Å². The van der Waals surface area contributed by atoms with E-state index in [0.717, 1.165) is 35.4 Å². The lowest BCUT2D eigenvalue weighted by Gasteiger charge is -2.28. The average Bonchev–Trinajstić information content (AvgIpc) is 2.62. The van der Waals surface area contributed by atoms with Gasteiger partial charge in [-0.1, -0.05) is 0 Å². The van der Waals surface area contributed by atoms with Crippen LogP contribution in [0.4, 0.5) is 17.2 Å². The molecule has 0 aliphatic carbocycles. The summed E-state index contributed by atoms with van der Waals surface area (Å²) in [4.78, 5) is 15.6. The zero-order chi connectivity index (χ0) is 16.5. The van der Waals surface area contributed by atoms with Gasteiger partial charge in [-0.15, -0.1) is 0 Å². The molecule has 0 atom stereocenters. The van der Waals surface area contributed by atoms with Crippen molar-refractivity contribution >= 4 is 28.2 Å². The summed E-state index contributed by atoms with van der Waals surface area (Å²) in [7, 11) is 0. The third-order valence-electron chi connectivity index (χ3n) is 4.47. The van der Waals surface area contributed by atoms with Crippen LogP contribution in [0.2, 0.25) is 0 Å². The summed E-state index contributed by atoms with van der Waals surface area (Å²) < 4.78 is 0. The fraction of sp³-hybridized carbons (Fsp3) is 0.278. The lowest BCUT2D eigenvalue weighted by Crippen LogP contribution is -2.29. The van der Waals surface area contributed by atoms with Crippen LogP contribution in [-0.2, 0) is 0 Å². The van der Waals surface area contributed by atoms with Crippen molar-refractivity contribution in [2.45, 2.75) is 19.3 Å². The van der Waals surface area contributed by atoms with Crippen LogP contribution >= 0.6 is 0 Å². The van der Waals surface area contributed by atoms with Crippen molar-refractivity contribution < 1.29 is 0 Å². The molecule has 0 bridgehead atoms. The molecule has 1 saturated heterocycles. The molecule has 0 aromatic carbocycles. The summed E-state index contributed by atoms with van der Waals surface area (Å²) in [6, 6.07) is 5.87. The Hall–Kier alpha value is -2.89. The minimum atomic E-state index is 0.465. The Morgan fingerprint density at radius 3 is 2.54 bits per heavy atom. The van der Waals surface area contributed by atoms with Gasteiger partial charge in [0.1, 0.15) is 5.82 Å². The molecule has 1 aliphatic rings. The van der Waals surface area contributed by atoms with Gasteiger partial charge in [0.05, 0.1) is 34.8 Å².